The summed E-state index contributed by atoms with van der Waals surface area (Å²) in [7, 11) is -3.45. The van der Waals surface area contributed by atoms with Gasteiger partial charge in [-0.1, -0.05) is 0 Å². The fourth-order valence-corrected chi connectivity index (χ4v) is 7.08. The van der Waals surface area contributed by atoms with E-state index >= 15 is 0 Å². The molecule has 5 rings (SSSR count). The maximum atomic E-state index is 6.41. The van der Waals surface area contributed by atoms with Crippen molar-refractivity contribution in [3.05, 3.63) is 102 Å². The van der Waals surface area contributed by atoms with E-state index in [-0.39, 0.29) is 0 Å². The van der Waals surface area contributed by atoms with Crippen LogP contribution in [-0.2, 0) is 14.4 Å². The van der Waals surface area contributed by atoms with Gasteiger partial charge in [0.15, 0.2) is 0 Å². The Morgan fingerprint density at radius 2 is 1.04 bits per heavy atom. The van der Waals surface area contributed by atoms with E-state index in [4.69, 9.17) is 18.9 Å². The zero-order valence-corrected chi connectivity index (χ0v) is 15.5. The Morgan fingerprint density at radius 1 is 0.593 bits per heavy atom. The Balaban J connectivity index is 1.60. The molecule has 0 bridgehead atoms. The molecule has 0 amide bonds. The average Bonchev–Trinajstić information content (AvgIpc) is 3.08. The first-order chi connectivity index (χ1) is 13.3. The second-order valence-corrected chi connectivity index (χ2v) is 10.4. The van der Waals surface area contributed by atoms with E-state index in [0.29, 0.717) is 12.3 Å². The zero-order valence-electron chi connectivity index (χ0n) is 14.7. The van der Waals surface area contributed by atoms with E-state index in [0.717, 1.165) is 16.9 Å². The molecule has 4 nitrogen and oxygen atoms in total. The second-order valence-electron chi connectivity index (χ2n) is 6.85. The number of hydrogen-bond donors (Lipinski definition) is 0. The molecule has 27 heavy (non-hydrogen) atoms. The predicted molar refractivity (Wildman–Crippen MR) is 107 cm³/mol. The van der Waals surface area contributed by atoms with Gasteiger partial charge in [0.25, 0.3) is 0 Å². The summed E-state index contributed by atoms with van der Waals surface area (Å²) in [6.07, 6.45) is 1.10. The fourth-order valence-electron chi connectivity index (χ4n) is 3.73. The van der Waals surface area contributed by atoms with Crippen LogP contribution in [-0.4, -0.2) is 12.3 Å². The maximum absolute atomic E-state index is 6.41. The molecule has 2 aliphatic heterocycles. The molecule has 0 N–H and O–H groups in total. The van der Waals surface area contributed by atoms with Crippen LogP contribution >= 0.6 is 7.28 Å². The molecule has 0 aromatic heterocycles. The Morgan fingerprint density at radius 3 is 1.44 bits per heavy atom. The molecule has 0 aliphatic carbocycles. The van der Waals surface area contributed by atoms with Crippen molar-refractivity contribution in [1.29, 1.82) is 0 Å². The average molecular weight is 378 g/mol. The number of para-hydroxylation sites is 1. The van der Waals surface area contributed by atoms with Crippen LogP contribution < -0.4 is 4.52 Å². The summed E-state index contributed by atoms with van der Waals surface area (Å²) in [4.78, 5) is 0. The molecule has 136 valence electrons. The van der Waals surface area contributed by atoms with E-state index in [9.17, 15) is 0 Å². The molecule has 1 saturated heterocycles. The Hall–Kier alpha value is -2.49. The Kier molecular flexibility index (Phi) is 3.88. The molecule has 3 aromatic rings. The van der Waals surface area contributed by atoms with Gasteiger partial charge in [-0.05, 0) is 0 Å². The fraction of sp³-hybridized carbons (Fsp3) is 0.0909. The first-order valence-corrected chi connectivity index (χ1v) is 11.3. The van der Waals surface area contributed by atoms with Crippen LogP contribution in [0.1, 0.15) is 11.1 Å². The number of hydrogen-bond acceptors (Lipinski definition) is 4. The molecule has 1 fully saturated rings. The molecule has 0 unspecified atom stereocenters. The van der Waals surface area contributed by atoms with Crippen molar-refractivity contribution in [1.82, 2.24) is 0 Å². The van der Waals surface area contributed by atoms with Crippen LogP contribution in [0.4, 0.5) is 0 Å². The van der Waals surface area contributed by atoms with Gasteiger partial charge in [0.1, 0.15) is 0 Å². The van der Waals surface area contributed by atoms with Crippen molar-refractivity contribution in [3.8, 4) is 5.75 Å². The summed E-state index contributed by atoms with van der Waals surface area (Å²) in [6, 6.07) is 30.3. The van der Waals surface area contributed by atoms with Gasteiger partial charge in [-0.2, -0.15) is 0 Å². The molecule has 2 heterocycles. The monoisotopic (exact) mass is 378 g/mol. The van der Waals surface area contributed by atoms with Crippen molar-refractivity contribution in [3.63, 3.8) is 0 Å². The topological polar surface area (TPSA) is 36.9 Å². The van der Waals surface area contributed by atoms with Gasteiger partial charge < -0.3 is 0 Å². The van der Waals surface area contributed by atoms with Gasteiger partial charge in [0.05, 0.1) is 0 Å². The zero-order chi connectivity index (χ0) is 18.2. The van der Waals surface area contributed by atoms with E-state index in [1.165, 1.54) is 11.1 Å². The van der Waals surface area contributed by atoms with Crippen LogP contribution in [0.3, 0.4) is 0 Å². The summed E-state index contributed by atoms with van der Waals surface area (Å²) < 4.78 is 17.8. The SMILES string of the molecule is c1ccc(OP23(CC(c4ccccc4)=C(c4ccccc4)C2)OOO3)cc1. The molecule has 1 spiro atoms. The summed E-state index contributed by atoms with van der Waals surface area (Å²) in [5, 5.41) is 4.81. The summed E-state index contributed by atoms with van der Waals surface area (Å²) in [5.41, 5.74) is 4.65. The van der Waals surface area contributed by atoms with E-state index in [1.807, 2.05) is 66.7 Å². The molecule has 0 radical (unpaired) electrons. The Labute approximate surface area is 158 Å². The van der Waals surface area contributed by atoms with Gasteiger partial charge in [-0.3, -0.25) is 0 Å². The third kappa shape index (κ3) is 2.88. The Bertz CT molecular complexity index is 927. The molecular formula is C22H19O4P. The van der Waals surface area contributed by atoms with Crippen molar-refractivity contribution < 1.29 is 18.9 Å². The van der Waals surface area contributed by atoms with Crippen LogP contribution in [0.15, 0.2) is 91.0 Å². The van der Waals surface area contributed by atoms with Crippen molar-refractivity contribution in [2.75, 3.05) is 12.3 Å². The molecule has 2 aliphatic rings. The van der Waals surface area contributed by atoms with Crippen LogP contribution in [0.2, 0.25) is 0 Å². The molecule has 5 heteroatoms. The molecule has 0 saturated carbocycles. The van der Waals surface area contributed by atoms with Gasteiger partial charge >= 0.3 is 158 Å². The third-order valence-electron chi connectivity index (χ3n) is 4.98. The first-order valence-electron chi connectivity index (χ1n) is 8.91. The van der Waals surface area contributed by atoms with Gasteiger partial charge in [-0.15, -0.1) is 0 Å². The van der Waals surface area contributed by atoms with Gasteiger partial charge in [0.2, 0.25) is 0 Å². The summed E-state index contributed by atoms with van der Waals surface area (Å²) >= 11 is 0. The first kappa shape index (κ1) is 16.7. The van der Waals surface area contributed by atoms with E-state index in [1.54, 1.807) is 0 Å². The molecular weight excluding hydrogens is 359 g/mol. The normalized spacial score (nSPS) is 21.3. The van der Waals surface area contributed by atoms with E-state index < -0.39 is 7.28 Å². The summed E-state index contributed by atoms with van der Waals surface area (Å²) in [5.74, 6) is 0.722. The minimum absolute atomic E-state index is 0.550. The van der Waals surface area contributed by atoms with Crippen LogP contribution in [0.25, 0.3) is 11.1 Å². The van der Waals surface area contributed by atoms with Crippen LogP contribution in [0, 0.1) is 0 Å². The van der Waals surface area contributed by atoms with Crippen molar-refractivity contribution in [2.45, 2.75) is 0 Å². The summed E-state index contributed by atoms with van der Waals surface area (Å²) in [6.45, 7) is 0. The molecule has 0 atom stereocenters. The number of benzene rings is 3. The van der Waals surface area contributed by atoms with Gasteiger partial charge in [0, 0.05) is 0 Å². The minimum atomic E-state index is -3.45. The second kappa shape index (κ2) is 6.29. The standard InChI is InChI=1S/C22H19O4P/c1-4-10-18(11-5-1)21-16-27(25-24-26-27,23-20-14-8-3-9-15-20)17-22(21)19-12-6-2-7-13-19/h1-15H,16-17H2. The number of allylic oxidation sites excluding steroid dienone is 2. The van der Waals surface area contributed by atoms with Crippen molar-refractivity contribution in [2.24, 2.45) is 0 Å². The van der Waals surface area contributed by atoms with Crippen molar-refractivity contribution >= 4 is 18.4 Å². The quantitative estimate of drug-likeness (QED) is 0.420. The third-order valence-corrected chi connectivity index (χ3v) is 8.24. The van der Waals surface area contributed by atoms with E-state index in [2.05, 4.69) is 24.3 Å². The predicted octanol–water partition coefficient (Wildman–Crippen LogP) is 5.88. The van der Waals surface area contributed by atoms with Crippen LogP contribution in [0.5, 0.6) is 5.75 Å². The van der Waals surface area contributed by atoms with Gasteiger partial charge in [-0.25, -0.2) is 0 Å². The molecule has 3 aromatic carbocycles. The number of rotatable bonds is 4.